The summed E-state index contributed by atoms with van der Waals surface area (Å²) < 4.78 is 2.08. The standard InChI is InChI=1S/C12H9N3/c1-2-4-12-10(3-1)5-6-15(12)11-7-13-9-14-8-11/h1-9H. The molecule has 0 aliphatic carbocycles. The van der Waals surface area contributed by atoms with E-state index >= 15 is 0 Å². The Labute approximate surface area is 87.0 Å². The van der Waals surface area contributed by atoms with E-state index in [0.717, 1.165) is 5.69 Å². The van der Waals surface area contributed by atoms with E-state index in [4.69, 9.17) is 0 Å². The highest BCUT2D eigenvalue weighted by Gasteiger charge is 2.01. The predicted octanol–water partition coefficient (Wildman–Crippen LogP) is 2.42. The summed E-state index contributed by atoms with van der Waals surface area (Å²) in [6.07, 6.45) is 7.18. The van der Waals surface area contributed by atoms with Crippen LogP contribution in [-0.2, 0) is 0 Å². The van der Waals surface area contributed by atoms with E-state index in [1.54, 1.807) is 12.4 Å². The van der Waals surface area contributed by atoms with Gasteiger partial charge in [0.15, 0.2) is 0 Å². The lowest BCUT2D eigenvalue weighted by molar-refractivity contribution is 1.05. The summed E-state index contributed by atoms with van der Waals surface area (Å²) in [6.45, 7) is 0. The fraction of sp³-hybridized carbons (Fsp3) is 0. The summed E-state index contributed by atoms with van der Waals surface area (Å²) in [6, 6.07) is 10.3. The minimum atomic E-state index is 0.985. The van der Waals surface area contributed by atoms with Crippen LogP contribution in [0.2, 0.25) is 0 Å². The Kier molecular flexibility index (Phi) is 1.75. The quantitative estimate of drug-likeness (QED) is 0.597. The van der Waals surface area contributed by atoms with Crippen molar-refractivity contribution in [1.82, 2.24) is 14.5 Å². The third-order valence-electron chi connectivity index (χ3n) is 2.42. The van der Waals surface area contributed by atoms with Gasteiger partial charge in [-0.15, -0.1) is 0 Å². The first kappa shape index (κ1) is 8.17. The van der Waals surface area contributed by atoms with Gasteiger partial charge in [0, 0.05) is 6.20 Å². The molecule has 3 heteroatoms. The molecule has 0 saturated heterocycles. The highest BCUT2D eigenvalue weighted by Crippen LogP contribution is 2.18. The van der Waals surface area contributed by atoms with Crippen molar-refractivity contribution in [1.29, 1.82) is 0 Å². The molecule has 3 aromatic rings. The molecule has 0 aliphatic rings. The number of benzene rings is 1. The molecule has 1 aromatic carbocycles. The average Bonchev–Trinajstić information content (AvgIpc) is 2.74. The molecule has 0 saturated carbocycles. The average molecular weight is 195 g/mol. The van der Waals surface area contributed by atoms with E-state index in [2.05, 4.69) is 32.7 Å². The second-order valence-electron chi connectivity index (χ2n) is 3.34. The summed E-state index contributed by atoms with van der Waals surface area (Å²) in [5.41, 5.74) is 2.16. The van der Waals surface area contributed by atoms with Gasteiger partial charge in [-0.3, -0.25) is 0 Å². The molecule has 2 heterocycles. The smallest absolute Gasteiger partial charge is 0.115 e. The molecule has 0 spiro atoms. The van der Waals surface area contributed by atoms with Gasteiger partial charge >= 0.3 is 0 Å². The zero-order valence-corrected chi connectivity index (χ0v) is 8.04. The summed E-state index contributed by atoms with van der Waals surface area (Å²) in [4.78, 5) is 8.03. The van der Waals surface area contributed by atoms with Crippen LogP contribution in [0.25, 0.3) is 16.6 Å². The predicted molar refractivity (Wildman–Crippen MR) is 58.9 cm³/mol. The first-order chi connectivity index (χ1) is 7.45. The van der Waals surface area contributed by atoms with Crippen LogP contribution >= 0.6 is 0 Å². The molecule has 0 aliphatic heterocycles. The van der Waals surface area contributed by atoms with Gasteiger partial charge in [-0.25, -0.2) is 9.97 Å². The third-order valence-corrected chi connectivity index (χ3v) is 2.42. The number of hydrogen-bond donors (Lipinski definition) is 0. The van der Waals surface area contributed by atoms with Gasteiger partial charge in [0.2, 0.25) is 0 Å². The van der Waals surface area contributed by atoms with E-state index in [-0.39, 0.29) is 0 Å². The van der Waals surface area contributed by atoms with E-state index < -0.39 is 0 Å². The molecular weight excluding hydrogens is 186 g/mol. The zero-order chi connectivity index (χ0) is 10.1. The van der Waals surface area contributed by atoms with Crippen molar-refractivity contribution < 1.29 is 0 Å². The van der Waals surface area contributed by atoms with Gasteiger partial charge in [-0.05, 0) is 17.5 Å². The summed E-state index contributed by atoms with van der Waals surface area (Å²) >= 11 is 0. The van der Waals surface area contributed by atoms with Crippen LogP contribution in [-0.4, -0.2) is 14.5 Å². The molecule has 72 valence electrons. The number of para-hydroxylation sites is 1. The molecule has 0 unspecified atom stereocenters. The van der Waals surface area contributed by atoms with Crippen molar-refractivity contribution in [2.24, 2.45) is 0 Å². The molecule has 0 N–H and O–H groups in total. The van der Waals surface area contributed by atoms with Crippen LogP contribution in [0.4, 0.5) is 0 Å². The number of nitrogens with zero attached hydrogens (tertiary/aromatic N) is 3. The van der Waals surface area contributed by atoms with Crippen LogP contribution in [0, 0.1) is 0 Å². The molecule has 0 bridgehead atoms. The van der Waals surface area contributed by atoms with Crippen molar-refractivity contribution >= 4 is 10.9 Å². The van der Waals surface area contributed by atoms with Gasteiger partial charge in [0.1, 0.15) is 6.33 Å². The summed E-state index contributed by atoms with van der Waals surface area (Å²) in [7, 11) is 0. The minimum Gasteiger partial charge on any atom is -0.314 e. The number of fused-ring (bicyclic) bond motifs is 1. The normalized spacial score (nSPS) is 10.7. The molecule has 3 rings (SSSR count). The van der Waals surface area contributed by atoms with Crippen LogP contribution in [0.5, 0.6) is 0 Å². The van der Waals surface area contributed by atoms with Crippen molar-refractivity contribution in [3.8, 4) is 5.69 Å². The monoisotopic (exact) mass is 195 g/mol. The zero-order valence-electron chi connectivity index (χ0n) is 8.04. The largest absolute Gasteiger partial charge is 0.314 e. The molecule has 0 atom stereocenters. The molecule has 15 heavy (non-hydrogen) atoms. The number of hydrogen-bond acceptors (Lipinski definition) is 2. The lowest BCUT2D eigenvalue weighted by atomic mass is 10.2. The number of aromatic nitrogens is 3. The van der Waals surface area contributed by atoms with Crippen LogP contribution in [0.15, 0.2) is 55.2 Å². The van der Waals surface area contributed by atoms with Crippen molar-refractivity contribution in [3.63, 3.8) is 0 Å². The van der Waals surface area contributed by atoms with E-state index in [1.165, 1.54) is 17.2 Å². The minimum absolute atomic E-state index is 0.985. The molecule has 0 radical (unpaired) electrons. The molecule has 0 amide bonds. The maximum atomic E-state index is 4.02. The molecule has 0 fully saturated rings. The molecule has 3 nitrogen and oxygen atoms in total. The Morgan fingerprint density at radius 3 is 2.60 bits per heavy atom. The maximum absolute atomic E-state index is 4.02. The van der Waals surface area contributed by atoms with Gasteiger partial charge < -0.3 is 4.57 Å². The fourth-order valence-corrected chi connectivity index (χ4v) is 1.72. The van der Waals surface area contributed by atoms with Crippen LogP contribution in [0.1, 0.15) is 0 Å². The van der Waals surface area contributed by atoms with Crippen molar-refractivity contribution in [2.45, 2.75) is 0 Å². The van der Waals surface area contributed by atoms with Crippen LogP contribution in [0.3, 0.4) is 0 Å². The molecular formula is C12H9N3. The van der Waals surface area contributed by atoms with Crippen LogP contribution < -0.4 is 0 Å². The first-order valence-electron chi connectivity index (χ1n) is 4.76. The second-order valence-corrected chi connectivity index (χ2v) is 3.34. The Balaban J connectivity index is 2.28. The van der Waals surface area contributed by atoms with Crippen molar-refractivity contribution in [2.75, 3.05) is 0 Å². The van der Waals surface area contributed by atoms with E-state index in [0.29, 0.717) is 0 Å². The number of rotatable bonds is 1. The Bertz CT molecular complexity index is 584. The molecule has 2 aromatic heterocycles. The van der Waals surface area contributed by atoms with Gasteiger partial charge in [0.25, 0.3) is 0 Å². The SMILES string of the molecule is c1ccc2c(c1)ccn2-c1cncnc1. The highest BCUT2D eigenvalue weighted by atomic mass is 15.0. The van der Waals surface area contributed by atoms with Crippen molar-refractivity contribution in [3.05, 3.63) is 55.2 Å². The van der Waals surface area contributed by atoms with Gasteiger partial charge in [-0.1, -0.05) is 18.2 Å². The van der Waals surface area contributed by atoms with Gasteiger partial charge in [0.05, 0.1) is 23.6 Å². The first-order valence-corrected chi connectivity index (χ1v) is 4.76. The van der Waals surface area contributed by atoms with E-state index in [9.17, 15) is 0 Å². The maximum Gasteiger partial charge on any atom is 0.115 e. The van der Waals surface area contributed by atoms with Gasteiger partial charge in [-0.2, -0.15) is 0 Å². The third kappa shape index (κ3) is 1.29. The lowest BCUT2D eigenvalue weighted by Gasteiger charge is -2.02. The topological polar surface area (TPSA) is 30.7 Å². The Morgan fingerprint density at radius 1 is 0.933 bits per heavy atom. The lowest BCUT2D eigenvalue weighted by Crippen LogP contribution is -1.92. The van der Waals surface area contributed by atoms with E-state index in [1.807, 2.05) is 18.3 Å². The highest BCUT2D eigenvalue weighted by molar-refractivity contribution is 5.81. The Hall–Kier alpha value is -2.16. The Morgan fingerprint density at radius 2 is 1.73 bits per heavy atom. The summed E-state index contributed by atoms with van der Waals surface area (Å²) in [5.74, 6) is 0. The fourth-order valence-electron chi connectivity index (χ4n) is 1.72. The summed E-state index contributed by atoms with van der Waals surface area (Å²) in [5, 5.41) is 1.22. The second kappa shape index (κ2) is 3.20.